The predicted octanol–water partition coefficient (Wildman–Crippen LogP) is 1.97. The molecule has 0 radical (unpaired) electrons. The maximum atomic E-state index is 12.4. The van der Waals surface area contributed by atoms with Crippen molar-refractivity contribution in [3.63, 3.8) is 0 Å². The highest BCUT2D eigenvalue weighted by Crippen LogP contribution is 2.14. The molecule has 1 aliphatic heterocycles. The number of hydrogen-bond acceptors (Lipinski definition) is 5. The van der Waals surface area contributed by atoms with Crippen molar-refractivity contribution >= 4 is 12.0 Å². The number of hydrogen-bond donors (Lipinski definition) is 2. The van der Waals surface area contributed by atoms with E-state index < -0.39 is 18.2 Å². The fraction of sp³-hybridized carbons (Fsp3) is 0.350. The van der Waals surface area contributed by atoms with Crippen molar-refractivity contribution in [3.05, 3.63) is 66.0 Å². The van der Waals surface area contributed by atoms with Crippen molar-refractivity contribution in [2.45, 2.75) is 31.6 Å². The molecule has 1 saturated heterocycles. The second kappa shape index (κ2) is 9.14. The van der Waals surface area contributed by atoms with Crippen molar-refractivity contribution in [2.24, 2.45) is 0 Å². The fourth-order valence-electron chi connectivity index (χ4n) is 3.00. The van der Waals surface area contributed by atoms with Gasteiger partial charge in [-0.3, -0.25) is 9.78 Å². The van der Waals surface area contributed by atoms with Gasteiger partial charge in [0.15, 0.2) is 0 Å². The lowest BCUT2D eigenvalue weighted by molar-refractivity contribution is 0.0730. The number of aromatic nitrogens is 1. The van der Waals surface area contributed by atoms with Crippen LogP contribution in [-0.2, 0) is 11.3 Å². The van der Waals surface area contributed by atoms with Gasteiger partial charge in [0.1, 0.15) is 12.3 Å². The van der Waals surface area contributed by atoms with Crippen molar-refractivity contribution in [1.82, 2.24) is 15.2 Å². The maximum Gasteiger partial charge on any atom is 0.410 e. The number of carbonyl (C=O) groups excluding carboxylic acids is 2. The summed E-state index contributed by atoms with van der Waals surface area (Å²) in [5.41, 5.74) is 1.17. The van der Waals surface area contributed by atoms with Gasteiger partial charge in [-0.05, 0) is 30.5 Å². The number of ether oxygens (including phenoxy) is 1. The Kier molecular flexibility index (Phi) is 6.38. The van der Waals surface area contributed by atoms with Crippen LogP contribution >= 0.6 is 0 Å². The first-order chi connectivity index (χ1) is 13.1. The van der Waals surface area contributed by atoms with Crippen LogP contribution in [0.1, 0.15) is 28.9 Å². The zero-order valence-corrected chi connectivity index (χ0v) is 15.0. The third-order valence-electron chi connectivity index (χ3n) is 4.49. The number of pyridine rings is 1. The number of likely N-dealkylation sites (tertiary alicyclic amines) is 1. The molecule has 0 bridgehead atoms. The van der Waals surface area contributed by atoms with E-state index >= 15 is 0 Å². The lowest BCUT2D eigenvalue weighted by Crippen LogP contribution is -2.50. The number of amides is 2. The number of nitrogens with one attached hydrogen (secondary N) is 1. The molecule has 142 valence electrons. The Hall–Kier alpha value is -2.93. The molecule has 1 aliphatic rings. The topological polar surface area (TPSA) is 91.8 Å². The molecule has 2 N–H and O–H groups in total. The fourth-order valence-corrected chi connectivity index (χ4v) is 3.00. The molecule has 2 unspecified atom stereocenters. The summed E-state index contributed by atoms with van der Waals surface area (Å²) in [5, 5.41) is 13.1. The first-order valence-corrected chi connectivity index (χ1v) is 8.99. The molecule has 2 atom stereocenters. The van der Waals surface area contributed by atoms with Gasteiger partial charge in [-0.1, -0.05) is 36.4 Å². The number of aliphatic hydroxyl groups is 1. The number of rotatable bonds is 4. The monoisotopic (exact) mass is 369 g/mol. The molecule has 2 aromatic rings. The Morgan fingerprint density at radius 1 is 1.19 bits per heavy atom. The van der Waals surface area contributed by atoms with E-state index in [4.69, 9.17) is 4.74 Å². The maximum absolute atomic E-state index is 12.4. The average Bonchev–Trinajstić information content (AvgIpc) is 2.89. The molecule has 0 spiro atoms. The Balaban J connectivity index is 1.60. The van der Waals surface area contributed by atoms with Crippen molar-refractivity contribution < 1.29 is 19.4 Å². The van der Waals surface area contributed by atoms with E-state index in [9.17, 15) is 14.7 Å². The van der Waals surface area contributed by atoms with Crippen molar-refractivity contribution in [2.75, 3.05) is 13.1 Å². The molecule has 7 heteroatoms. The van der Waals surface area contributed by atoms with Crippen LogP contribution in [0.25, 0.3) is 0 Å². The van der Waals surface area contributed by atoms with Crippen LogP contribution < -0.4 is 5.32 Å². The standard InChI is InChI=1S/C20H23N3O4/c24-18-10-6-12-23(20(26)27-14-15-7-2-1-3-8-15)13-17(18)22-19(25)16-9-4-5-11-21-16/h1-5,7-9,11,17-18,24H,6,10,12-14H2,(H,22,25). The number of carbonyl (C=O) groups is 2. The Morgan fingerprint density at radius 3 is 2.70 bits per heavy atom. The normalized spacial score (nSPS) is 19.8. The van der Waals surface area contributed by atoms with Crippen molar-refractivity contribution in [3.8, 4) is 0 Å². The summed E-state index contributed by atoms with van der Waals surface area (Å²) in [6.07, 6.45) is 1.48. The van der Waals surface area contributed by atoms with Gasteiger partial charge in [-0.25, -0.2) is 4.79 Å². The molecule has 1 fully saturated rings. The highest BCUT2D eigenvalue weighted by molar-refractivity contribution is 5.92. The van der Waals surface area contributed by atoms with Gasteiger partial charge >= 0.3 is 6.09 Å². The second-order valence-corrected chi connectivity index (χ2v) is 6.49. The van der Waals surface area contributed by atoms with Gasteiger partial charge in [0.25, 0.3) is 5.91 Å². The molecule has 7 nitrogen and oxygen atoms in total. The summed E-state index contributed by atoms with van der Waals surface area (Å²) < 4.78 is 5.38. The molecular formula is C20H23N3O4. The van der Waals surface area contributed by atoms with Crippen LogP contribution in [0.5, 0.6) is 0 Å². The predicted molar refractivity (Wildman–Crippen MR) is 98.9 cm³/mol. The van der Waals surface area contributed by atoms with Crippen LogP contribution in [0.2, 0.25) is 0 Å². The van der Waals surface area contributed by atoms with Gasteiger partial charge in [0.05, 0.1) is 12.1 Å². The SMILES string of the molecule is O=C(NC1CN(C(=O)OCc2ccccc2)CCCC1O)c1ccccn1. The molecule has 27 heavy (non-hydrogen) atoms. The van der Waals surface area contributed by atoms with Crippen molar-refractivity contribution in [1.29, 1.82) is 0 Å². The quantitative estimate of drug-likeness (QED) is 0.860. The summed E-state index contributed by atoms with van der Waals surface area (Å²) >= 11 is 0. The highest BCUT2D eigenvalue weighted by Gasteiger charge is 2.30. The summed E-state index contributed by atoms with van der Waals surface area (Å²) in [6.45, 7) is 0.845. The van der Waals surface area contributed by atoms with Gasteiger partial charge < -0.3 is 20.1 Å². The molecule has 0 saturated carbocycles. The number of aliphatic hydroxyl groups excluding tert-OH is 1. The zero-order chi connectivity index (χ0) is 19.1. The summed E-state index contributed by atoms with van der Waals surface area (Å²) in [4.78, 5) is 30.3. The molecule has 0 aliphatic carbocycles. The lowest BCUT2D eigenvalue weighted by atomic mass is 10.1. The first-order valence-electron chi connectivity index (χ1n) is 8.99. The molecule has 3 rings (SSSR count). The van der Waals surface area contributed by atoms with Gasteiger partial charge in [-0.2, -0.15) is 0 Å². The van der Waals surface area contributed by atoms with Crippen LogP contribution in [0.4, 0.5) is 4.79 Å². The van der Waals surface area contributed by atoms with Crippen LogP contribution in [0.15, 0.2) is 54.7 Å². The number of benzene rings is 1. The Morgan fingerprint density at radius 2 is 1.96 bits per heavy atom. The smallest absolute Gasteiger partial charge is 0.410 e. The number of nitrogens with zero attached hydrogens (tertiary/aromatic N) is 2. The van der Waals surface area contributed by atoms with E-state index in [1.54, 1.807) is 18.2 Å². The first kappa shape index (κ1) is 18.8. The van der Waals surface area contributed by atoms with Crippen LogP contribution in [0, 0.1) is 0 Å². The molecule has 1 aromatic carbocycles. The summed E-state index contributed by atoms with van der Waals surface area (Å²) in [5.74, 6) is -0.376. The minimum atomic E-state index is -0.732. The third kappa shape index (κ3) is 5.27. The van der Waals surface area contributed by atoms with E-state index in [1.807, 2.05) is 30.3 Å². The summed E-state index contributed by atoms with van der Waals surface area (Å²) in [6, 6.07) is 13.9. The van der Waals surface area contributed by atoms with Gasteiger partial charge in [0, 0.05) is 19.3 Å². The van der Waals surface area contributed by atoms with Crippen LogP contribution in [0.3, 0.4) is 0 Å². The third-order valence-corrected chi connectivity index (χ3v) is 4.49. The minimum Gasteiger partial charge on any atom is -0.445 e. The van der Waals surface area contributed by atoms with Gasteiger partial charge in [-0.15, -0.1) is 0 Å². The molecule has 2 heterocycles. The lowest BCUT2D eigenvalue weighted by Gasteiger charge is -2.26. The molecule has 1 aromatic heterocycles. The minimum absolute atomic E-state index is 0.184. The van der Waals surface area contributed by atoms with E-state index in [0.29, 0.717) is 19.4 Å². The van der Waals surface area contributed by atoms with E-state index in [1.165, 1.54) is 11.1 Å². The molecular weight excluding hydrogens is 346 g/mol. The highest BCUT2D eigenvalue weighted by atomic mass is 16.6. The second-order valence-electron chi connectivity index (χ2n) is 6.49. The Bertz CT molecular complexity index is 754. The summed E-state index contributed by atoms with van der Waals surface area (Å²) in [7, 11) is 0. The van der Waals surface area contributed by atoms with Crippen LogP contribution in [-0.4, -0.2) is 52.2 Å². The van der Waals surface area contributed by atoms with E-state index in [-0.39, 0.29) is 24.8 Å². The Labute approximate surface area is 158 Å². The van der Waals surface area contributed by atoms with Gasteiger partial charge in [0.2, 0.25) is 0 Å². The zero-order valence-electron chi connectivity index (χ0n) is 15.0. The van der Waals surface area contributed by atoms with E-state index in [0.717, 1.165) is 5.56 Å². The van der Waals surface area contributed by atoms with E-state index in [2.05, 4.69) is 10.3 Å². The molecule has 2 amide bonds. The average molecular weight is 369 g/mol. The largest absolute Gasteiger partial charge is 0.445 e.